The van der Waals surface area contributed by atoms with E-state index in [0.717, 1.165) is 56.7 Å². The van der Waals surface area contributed by atoms with Crippen LogP contribution in [0.4, 0.5) is 0 Å². The Kier molecular flexibility index (Phi) is 5.53. The zero-order valence-electron chi connectivity index (χ0n) is 18.3. The Hall–Kier alpha value is -2.66. The van der Waals surface area contributed by atoms with Gasteiger partial charge < -0.3 is 9.80 Å². The lowest BCUT2D eigenvalue weighted by Crippen LogP contribution is -2.43. The zero-order chi connectivity index (χ0) is 21.4. The van der Waals surface area contributed by atoms with Gasteiger partial charge in [0.25, 0.3) is 11.8 Å². The van der Waals surface area contributed by atoms with Crippen molar-refractivity contribution in [1.82, 2.24) is 14.7 Å². The van der Waals surface area contributed by atoms with Crippen LogP contribution >= 0.6 is 0 Å². The number of benzene rings is 2. The number of nitrogens with zero attached hydrogens (tertiary/aromatic N) is 3. The Morgan fingerprint density at radius 2 is 1.77 bits per heavy atom. The number of hydrogen-bond donors (Lipinski definition) is 0. The summed E-state index contributed by atoms with van der Waals surface area (Å²) in [7, 11) is 0. The molecule has 2 aromatic rings. The highest BCUT2D eigenvalue weighted by Gasteiger charge is 2.28. The SMILES string of the molecule is C[C@@H]1CCCN1CCN1CCc2cc(C(=O)N3CCc4ccccc4C3)ccc2C1=O. The van der Waals surface area contributed by atoms with Crippen LogP contribution in [-0.2, 0) is 19.4 Å². The molecule has 0 N–H and O–H groups in total. The van der Waals surface area contributed by atoms with E-state index in [2.05, 4.69) is 30.0 Å². The molecule has 3 aliphatic heterocycles. The highest BCUT2D eigenvalue weighted by atomic mass is 16.2. The monoisotopic (exact) mass is 417 g/mol. The summed E-state index contributed by atoms with van der Waals surface area (Å²) < 4.78 is 0. The summed E-state index contributed by atoms with van der Waals surface area (Å²) in [6.45, 7) is 7.31. The van der Waals surface area contributed by atoms with Crippen molar-refractivity contribution in [2.75, 3.05) is 32.7 Å². The molecule has 1 atom stereocenters. The van der Waals surface area contributed by atoms with E-state index in [-0.39, 0.29) is 11.8 Å². The Bertz CT molecular complexity index is 1000. The average Bonchev–Trinajstić information content (AvgIpc) is 3.22. The van der Waals surface area contributed by atoms with Crippen LogP contribution in [-0.4, -0.2) is 65.3 Å². The lowest BCUT2D eigenvalue weighted by molar-refractivity contribution is 0.0708. The molecule has 0 saturated carbocycles. The Morgan fingerprint density at radius 3 is 2.58 bits per heavy atom. The minimum absolute atomic E-state index is 0.0650. The van der Waals surface area contributed by atoms with Gasteiger partial charge in [-0.15, -0.1) is 0 Å². The van der Waals surface area contributed by atoms with Crippen molar-refractivity contribution in [1.29, 1.82) is 0 Å². The molecule has 0 unspecified atom stereocenters. The predicted molar refractivity (Wildman–Crippen MR) is 121 cm³/mol. The second-order valence-corrected chi connectivity index (χ2v) is 9.19. The quantitative estimate of drug-likeness (QED) is 0.766. The number of carbonyl (C=O) groups is 2. The molecule has 3 aliphatic rings. The molecule has 1 fully saturated rings. The molecular weight excluding hydrogens is 386 g/mol. The molecule has 5 heteroatoms. The fourth-order valence-corrected chi connectivity index (χ4v) is 5.31. The van der Waals surface area contributed by atoms with Gasteiger partial charge in [0, 0.05) is 49.9 Å². The van der Waals surface area contributed by atoms with Crippen molar-refractivity contribution in [3.8, 4) is 0 Å². The first kappa shape index (κ1) is 20.3. The normalized spacial score (nSPS) is 21.2. The fraction of sp³-hybridized carbons (Fsp3) is 0.462. The van der Waals surface area contributed by atoms with Crippen LogP contribution in [0.2, 0.25) is 0 Å². The summed E-state index contributed by atoms with van der Waals surface area (Å²) in [5.74, 6) is 0.175. The molecule has 162 valence electrons. The van der Waals surface area contributed by atoms with Crippen LogP contribution in [0.5, 0.6) is 0 Å². The van der Waals surface area contributed by atoms with Crippen molar-refractivity contribution >= 4 is 11.8 Å². The lowest BCUT2D eigenvalue weighted by atomic mass is 9.95. The molecule has 2 amide bonds. The highest BCUT2D eigenvalue weighted by molar-refractivity contribution is 6.00. The molecular formula is C26H31N3O2. The highest BCUT2D eigenvalue weighted by Crippen LogP contribution is 2.24. The van der Waals surface area contributed by atoms with Gasteiger partial charge in [0.1, 0.15) is 0 Å². The predicted octanol–water partition coefficient (Wildman–Crippen LogP) is 3.37. The lowest BCUT2D eigenvalue weighted by Gasteiger charge is -2.32. The number of hydrogen-bond acceptors (Lipinski definition) is 3. The second-order valence-electron chi connectivity index (χ2n) is 9.19. The molecule has 3 heterocycles. The van der Waals surface area contributed by atoms with Gasteiger partial charge in [-0.3, -0.25) is 14.5 Å². The number of rotatable bonds is 4. The third kappa shape index (κ3) is 3.99. The van der Waals surface area contributed by atoms with E-state index in [1.807, 2.05) is 34.1 Å². The summed E-state index contributed by atoms with van der Waals surface area (Å²) in [5, 5.41) is 0. The minimum atomic E-state index is 0.0650. The van der Waals surface area contributed by atoms with Gasteiger partial charge in [-0.2, -0.15) is 0 Å². The topological polar surface area (TPSA) is 43.9 Å². The first-order valence-electron chi connectivity index (χ1n) is 11.6. The molecule has 2 aromatic carbocycles. The van der Waals surface area contributed by atoms with Crippen LogP contribution in [0.25, 0.3) is 0 Å². The third-order valence-electron chi connectivity index (χ3n) is 7.29. The molecule has 0 aliphatic carbocycles. The molecule has 0 spiro atoms. The van der Waals surface area contributed by atoms with Gasteiger partial charge in [0.05, 0.1) is 0 Å². The summed E-state index contributed by atoms with van der Waals surface area (Å²) in [5.41, 5.74) is 5.05. The molecule has 5 rings (SSSR count). The number of likely N-dealkylation sites (tertiary alicyclic amines) is 1. The van der Waals surface area contributed by atoms with Crippen molar-refractivity contribution in [3.63, 3.8) is 0 Å². The van der Waals surface area contributed by atoms with E-state index in [1.54, 1.807) is 0 Å². The smallest absolute Gasteiger partial charge is 0.254 e. The van der Waals surface area contributed by atoms with Gasteiger partial charge >= 0.3 is 0 Å². The van der Waals surface area contributed by atoms with Crippen LogP contribution in [0.15, 0.2) is 42.5 Å². The number of fused-ring (bicyclic) bond motifs is 2. The average molecular weight is 418 g/mol. The Balaban J connectivity index is 1.26. The molecule has 0 radical (unpaired) electrons. The summed E-state index contributed by atoms with van der Waals surface area (Å²) in [6.07, 6.45) is 4.24. The van der Waals surface area contributed by atoms with E-state index in [1.165, 1.54) is 24.0 Å². The van der Waals surface area contributed by atoms with Crippen LogP contribution in [0.3, 0.4) is 0 Å². The van der Waals surface area contributed by atoms with Gasteiger partial charge in [-0.05, 0) is 74.0 Å². The summed E-state index contributed by atoms with van der Waals surface area (Å²) in [4.78, 5) is 32.6. The molecule has 1 saturated heterocycles. The van der Waals surface area contributed by atoms with Gasteiger partial charge in [-0.1, -0.05) is 24.3 Å². The first-order valence-corrected chi connectivity index (χ1v) is 11.6. The number of carbonyl (C=O) groups excluding carboxylic acids is 2. The first-order chi connectivity index (χ1) is 15.1. The van der Waals surface area contributed by atoms with Gasteiger partial charge in [0.2, 0.25) is 0 Å². The van der Waals surface area contributed by atoms with Crippen LogP contribution in [0, 0.1) is 0 Å². The van der Waals surface area contributed by atoms with Crippen molar-refractivity contribution in [3.05, 3.63) is 70.3 Å². The van der Waals surface area contributed by atoms with Crippen LogP contribution < -0.4 is 0 Å². The molecule has 31 heavy (non-hydrogen) atoms. The van der Waals surface area contributed by atoms with Crippen molar-refractivity contribution in [2.45, 2.75) is 45.2 Å². The van der Waals surface area contributed by atoms with E-state index >= 15 is 0 Å². The summed E-state index contributed by atoms with van der Waals surface area (Å²) in [6, 6.07) is 14.6. The maximum Gasteiger partial charge on any atom is 0.254 e. The second kappa shape index (κ2) is 8.46. The Labute approximate surface area is 184 Å². The van der Waals surface area contributed by atoms with Crippen molar-refractivity contribution in [2.24, 2.45) is 0 Å². The maximum atomic E-state index is 13.1. The minimum Gasteiger partial charge on any atom is -0.337 e. The van der Waals surface area contributed by atoms with Crippen molar-refractivity contribution < 1.29 is 9.59 Å². The summed E-state index contributed by atoms with van der Waals surface area (Å²) >= 11 is 0. The fourth-order valence-electron chi connectivity index (χ4n) is 5.31. The molecule has 0 bridgehead atoms. The van der Waals surface area contributed by atoms with Gasteiger partial charge in [0.15, 0.2) is 0 Å². The third-order valence-corrected chi connectivity index (χ3v) is 7.29. The van der Waals surface area contributed by atoms with Gasteiger partial charge in [-0.25, -0.2) is 0 Å². The van der Waals surface area contributed by atoms with Crippen LogP contribution in [0.1, 0.15) is 57.2 Å². The molecule has 5 nitrogen and oxygen atoms in total. The number of amides is 2. The molecule has 0 aromatic heterocycles. The standard InChI is InChI=1S/C26H31N3O2/c1-19-5-4-12-27(19)15-16-28-13-11-21-17-22(8-9-24(21)26(28)31)25(30)29-14-10-20-6-2-3-7-23(20)18-29/h2-3,6-9,17,19H,4-5,10-16,18H2,1H3/t19-/m1/s1. The Morgan fingerprint density at radius 1 is 0.968 bits per heavy atom. The van der Waals surface area contributed by atoms with E-state index < -0.39 is 0 Å². The maximum absolute atomic E-state index is 13.1. The van der Waals surface area contributed by atoms with E-state index in [9.17, 15) is 9.59 Å². The van der Waals surface area contributed by atoms with E-state index in [4.69, 9.17) is 0 Å². The largest absolute Gasteiger partial charge is 0.337 e. The zero-order valence-corrected chi connectivity index (χ0v) is 18.3. The van der Waals surface area contributed by atoms with E-state index in [0.29, 0.717) is 18.2 Å².